The highest BCUT2D eigenvalue weighted by Gasteiger charge is 2.28. The topological polar surface area (TPSA) is 58.3 Å². The van der Waals surface area contributed by atoms with Crippen LogP contribution in [0.3, 0.4) is 0 Å². The fourth-order valence-electron chi connectivity index (χ4n) is 3.84. The van der Waals surface area contributed by atoms with Crippen molar-refractivity contribution < 1.29 is 4.42 Å². The van der Waals surface area contributed by atoms with E-state index in [1.165, 1.54) is 23.5 Å². The highest BCUT2D eigenvalue weighted by atomic mass is 16.3. The largest absolute Gasteiger partial charge is 0.449 e. The summed E-state index contributed by atoms with van der Waals surface area (Å²) in [5, 5.41) is 0. The van der Waals surface area contributed by atoms with Crippen LogP contribution in [0.4, 0.5) is 5.82 Å². The minimum atomic E-state index is -0.0149. The molecule has 0 unspecified atom stereocenters. The summed E-state index contributed by atoms with van der Waals surface area (Å²) in [6, 6.07) is 0. The van der Waals surface area contributed by atoms with E-state index in [2.05, 4.69) is 35.6 Å². The molecule has 2 aromatic heterocycles. The van der Waals surface area contributed by atoms with E-state index in [1.54, 1.807) is 6.26 Å². The first-order valence-electron chi connectivity index (χ1n) is 9.69. The van der Waals surface area contributed by atoms with Gasteiger partial charge in [-0.15, -0.1) is 0 Å². The van der Waals surface area contributed by atoms with Crippen LogP contribution < -0.4 is 4.90 Å². The Morgan fingerprint density at radius 1 is 1.04 bits per heavy atom. The normalized spacial score (nSPS) is 18.4. The van der Waals surface area contributed by atoms with Crippen LogP contribution >= 0.6 is 0 Å². The van der Waals surface area contributed by atoms with Gasteiger partial charge in [0.25, 0.3) is 0 Å². The Morgan fingerprint density at radius 2 is 1.81 bits per heavy atom. The number of aromatic nitrogens is 3. The molecule has 6 nitrogen and oxygen atoms in total. The van der Waals surface area contributed by atoms with Gasteiger partial charge in [-0.2, -0.15) is 0 Å². The zero-order chi connectivity index (χ0) is 18.3. The number of oxazole rings is 1. The van der Waals surface area contributed by atoms with Gasteiger partial charge in [0.15, 0.2) is 5.89 Å². The third kappa shape index (κ3) is 3.47. The predicted molar refractivity (Wildman–Crippen MR) is 101 cm³/mol. The number of anilines is 1. The van der Waals surface area contributed by atoms with Crippen molar-refractivity contribution in [2.24, 2.45) is 0 Å². The number of rotatable bonds is 3. The average Bonchev–Trinajstić information content (AvgIpc) is 3.22. The minimum Gasteiger partial charge on any atom is -0.449 e. The summed E-state index contributed by atoms with van der Waals surface area (Å²) in [5.41, 5.74) is 3.67. The highest BCUT2D eigenvalue weighted by Crippen LogP contribution is 2.32. The van der Waals surface area contributed by atoms with Crippen molar-refractivity contribution in [1.29, 1.82) is 0 Å². The zero-order valence-electron chi connectivity index (χ0n) is 16.4. The predicted octanol–water partition coefficient (Wildman–Crippen LogP) is 2.88. The van der Waals surface area contributed by atoms with E-state index >= 15 is 0 Å². The summed E-state index contributed by atoms with van der Waals surface area (Å²) in [5.74, 6) is 2.91. The Kier molecular flexibility index (Phi) is 4.47. The third-order valence-electron chi connectivity index (χ3n) is 5.31. The molecular formula is C20H29N5O. The molecule has 0 radical (unpaired) electrons. The first-order valence-corrected chi connectivity index (χ1v) is 9.69. The van der Waals surface area contributed by atoms with Crippen LogP contribution in [0.25, 0.3) is 0 Å². The van der Waals surface area contributed by atoms with Crippen LogP contribution in [0.2, 0.25) is 0 Å². The van der Waals surface area contributed by atoms with E-state index in [1.807, 2.05) is 6.92 Å². The molecule has 2 aliphatic rings. The number of hydrogen-bond donors (Lipinski definition) is 0. The van der Waals surface area contributed by atoms with Gasteiger partial charge in [0.1, 0.15) is 17.9 Å². The van der Waals surface area contributed by atoms with Crippen molar-refractivity contribution in [3.8, 4) is 0 Å². The van der Waals surface area contributed by atoms with Crippen molar-refractivity contribution >= 4 is 5.82 Å². The van der Waals surface area contributed by atoms with Crippen LogP contribution in [-0.2, 0) is 24.8 Å². The molecule has 26 heavy (non-hydrogen) atoms. The number of fused-ring (bicyclic) bond motifs is 1. The fourth-order valence-corrected chi connectivity index (χ4v) is 3.84. The van der Waals surface area contributed by atoms with E-state index in [9.17, 15) is 0 Å². The Labute approximate surface area is 155 Å². The first kappa shape index (κ1) is 17.5. The van der Waals surface area contributed by atoms with E-state index in [4.69, 9.17) is 14.4 Å². The van der Waals surface area contributed by atoms with E-state index < -0.39 is 0 Å². The highest BCUT2D eigenvalue weighted by molar-refractivity contribution is 5.52. The summed E-state index contributed by atoms with van der Waals surface area (Å²) >= 11 is 0. The Hall–Kier alpha value is -1.95. The molecule has 0 amide bonds. The van der Waals surface area contributed by atoms with Crippen molar-refractivity contribution in [2.45, 2.75) is 58.9 Å². The molecular weight excluding hydrogens is 326 g/mol. The van der Waals surface area contributed by atoms with Gasteiger partial charge in [0.05, 0.1) is 5.69 Å². The van der Waals surface area contributed by atoms with E-state index in [0.29, 0.717) is 0 Å². The second-order valence-corrected chi connectivity index (χ2v) is 8.52. The van der Waals surface area contributed by atoms with Gasteiger partial charge in [-0.05, 0) is 19.3 Å². The second kappa shape index (κ2) is 6.65. The number of aryl methyl sites for hydroxylation is 2. The molecule has 4 rings (SSSR count). The molecule has 1 fully saturated rings. The Bertz CT molecular complexity index is 784. The lowest BCUT2D eigenvalue weighted by Crippen LogP contribution is -2.46. The second-order valence-electron chi connectivity index (χ2n) is 8.52. The molecule has 1 saturated heterocycles. The van der Waals surface area contributed by atoms with Gasteiger partial charge < -0.3 is 9.32 Å². The maximum Gasteiger partial charge on any atom is 0.191 e. The Morgan fingerprint density at radius 3 is 2.46 bits per heavy atom. The first-order chi connectivity index (χ1) is 12.4. The number of nitrogens with zero attached hydrogens (tertiary/aromatic N) is 5. The molecule has 6 heteroatoms. The van der Waals surface area contributed by atoms with Crippen LogP contribution in [0.15, 0.2) is 10.7 Å². The minimum absolute atomic E-state index is 0.0149. The lowest BCUT2D eigenvalue weighted by molar-refractivity contribution is 0.246. The molecule has 0 aromatic carbocycles. The number of hydrogen-bond acceptors (Lipinski definition) is 6. The average molecular weight is 355 g/mol. The Balaban J connectivity index is 1.50. The van der Waals surface area contributed by atoms with Crippen molar-refractivity contribution in [1.82, 2.24) is 19.9 Å². The maximum absolute atomic E-state index is 5.33. The van der Waals surface area contributed by atoms with Crippen molar-refractivity contribution in [3.63, 3.8) is 0 Å². The monoisotopic (exact) mass is 355 g/mol. The van der Waals surface area contributed by atoms with Gasteiger partial charge in [-0.25, -0.2) is 15.0 Å². The summed E-state index contributed by atoms with van der Waals surface area (Å²) in [4.78, 5) is 19.2. The zero-order valence-corrected chi connectivity index (χ0v) is 16.4. The fraction of sp³-hybridized carbons (Fsp3) is 0.650. The molecule has 0 N–H and O–H groups in total. The quantitative estimate of drug-likeness (QED) is 0.844. The summed E-state index contributed by atoms with van der Waals surface area (Å²) in [7, 11) is 0. The van der Waals surface area contributed by atoms with Crippen LogP contribution in [-0.4, -0.2) is 46.0 Å². The standard InChI is InChI=1S/C20H29N5O/c1-14-21-15(13-26-14)12-24-8-10-25(11-9-24)18-16-6-5-7-17(16)22-19(23-18)20(2,3)4/h13H,5-12H2,1-4H3. The van der Waals surface area contributed by atoms with Gasteiger partial charge >= 0.3 is 0 Å². The van der Waals surface area contributed by atoms with E-state index in [-0.39, 0.29) is 5.41 Å². The van der Waals surface area contributed by atoms with Crippen LogP contribution in [0, 0.1) is 6.92 Å². The smallest absolute Gasteiger partial charge is 0.191 e. The molecule has 0 spiro atoms. The molecule has 1 aliphatic carbocycles. The summed E-state index contributed by atoms with van der Waals surface area (Å²) < 4.78 is 5.33. The summed E-state index contributed by atoms with van der Waals surface area (Å²) in [6.07, 6.45) is 5.19. The number of piperazine rings is 1. The summed E-state index contributed by atoms with van der Waals surface area (Å²) in [6.45, 7) is 13.4. The molecule has 3 heterocycles. The molecule has 0 atom stereocenters. The molecule has 0 bridgehead atoms. The molecule has 140 valence electrons. The lowest BCUT2D eigenvalue weighted by Gasteiger charge is -2.36. The van der Waals surface area contributed by atoms with Crippen molar-refractivity contribution in [2.75, 3.05) is 31.1 Å². The van der Waals surface area contributed by atoms with Crippen molar-refractivity contribution in [3.05, 3.63) is 34.9 Å². The maximum atomic E-state index is 5.33. The molecule has 0 saturated carbocycles. The van der Waals surface area contributed by atoms with Crippen LogP contribution in [0.5, 0.6) is 0 Å². The van der Waals surface area contributed by atoms with Gasteiger partial charge in [0.2, 0.25) is 0 Å². The third-order valence-corrected chi connectivity index (χ3v) is 5.31. The SMILES string of the molecule is Cc1nc(CN2CCN(c3nc(C(C)(C)C)nc4c3CCC4)CC2)co1. The van der Waals surface area contributed by atoms with Gasteiger partial charge in [-0.1, -0.05) is 20.8 Å². The van der Waals surface area contributed by atoms with Gasteiger partial charge in [-0.3, -0.25) is 4.90 Å². The van der Waals surface area contributed by atoms with Gasteiger partial charge in [0, 0.05) is 56.3 Å². The molecule has 1 aliphatic heterocycles. The lowest BCUT2D eigenvalue weighted by atomic mass is 9.95. The van der Waals surface area contributed by atoms with E-state index in [0.717, 1.165) is 63.0 Å². The molecule has 2 aromatic rings. The van der Waals surface area contributed by atoms with Crippen LogP contribution in [0.1, 0.15) is 55.9 Å².